The first-order chi connectivity index (χ1) is 13.3. The first-order valence-corrected chi connectivity index (χ1v) is 11.5. The predicted molar refractivity (Wildman–Crippen MR) is 113 cm³/mol. The molecule has 0 saturated carbocycles. The summed E-state index contributed by atoms with van der Waals surface area (Å²) in [6.45, 7) is 7.57. The molecule has 0 spiro atoms. The van der Waals surface area contributed by atoms with E-state index in [2.05, 4.69) is 12.0 Å². The highest BCUT2D eigenvalue weighted by atomic mass is 35.5. The number of nitrogens with zero attached hydrogens (tertiary/aromatic N) is 3. The molecule has 1 fully saturated rings. The molecular weight excluding hydrogens is 418 g/mol. The van der Waals surface area contributed by atoms with Gasteiger partial charge in [0.25, 0.3) is 5.91 Å². The summed E-state index contributed by atoms with van der Waals surface area (Å²) in [6.07, 6.45) is 0.971. The zero-order valence-corrected chi connectivity index (χ0v) is 19.0. The number of hydrogen-bond acceptors (Lipinski definition) is 7. The van der Waals surface area contributed by atoms with Crippen molar-refractivity contribution < 1.29 is 14.3 Å². The van der Waals surface area contributed by atoms with Gasteiger partial charge < -0.3 is 9.47 Å². The first-order valence-electron chi connectivity index (χ1n) is 9.27. The van der Waals surface area contributed by atoms with Gasteiger partial charge in [0, 0.05) is 30.3 Å². The van der Waals surface area contributed by atoms with E-state index in [0.29, 0.717) is 35.9 Å². The second-order valence-electron chi connectivity index (χ2n) is 7.73. The van der Waals surface area contributed by atoms with Crippen LogP contribution in [0.25, 0.3) is 0 Å². The highest BCUT2D eigenvalue weighted by Gasteiger charge is 2.34. The Labute approximate surface area is 179 Å². The van der Waals surface area contributed by atoms with Gasteiger partial charge in [-0.15, -0.1) is 16.4 Å². The van der Waals surface area contributed by atoms with Crippen LogP contribution in [0.1, 0.15) is 48.6 Å². The number of halogens is 1. The lowest BCUT2D eigenvalue weighted by molar-refractivity contribution is 0.0475. The van der Waals surface area contributed by atoms with E-state index >= 15 is 0 Å². The Balaban J connectivity index is 1.89. The smallest absolute Gasteiger partial charge is 0.257 e. The van der Waals surface area contributed by atoms with Crippen molar-refractivity contribution in [1.29, 1.82) is 0 Å². The van der Waals surface area contributed by atoms with Gasteiger partial charge in [-0.1, -0.05) is 30.3 Å². The fourth-order valence-corrected chi connectivity index (χ4v) is 5.21. The van der Waals surface area contributed by atoms with Crippen LogP contribution in [0.3, 0.4) is 0 Å². The SMILES string of the molecule is COCC(C)(C)C(=O)n1nc(C2COCCC2C)nc1SCc1ccc(Cl)s1. The predicted octanol–water partition coefficient (Wildman–Crippen LogP) is 4.74. The van der Waals surface area contributed by atoms with Gasteiger partial charge >= 0.3 is 0 Å². The van der Waals surface area contributed by atoms with Crippen LogP contribution >= 0.6 is 34.7 Å². The average Bonchev–Trinajstić information content (AvgIpc) is 3.25. The van der Waals surface area contributed by atoms with Crippen molar-refractivity contribution in [2.45, 2.75) is 44.0 Å². The number of thioether (sulfide) groups is 1. The second kappa shape index (κ2) is 9.26. The molecule has 2 unspecified atom stereocenters. The van der Waals surface area contributed by atoms with Gasteiger partial charge in [-0.05, 0) is 38.3 Å². The molecule has 2 atom stereocenters. The Morgan fingerprint density at radius 2 is 2.29 bits per heavy atom. The molecule has 0 amide bonds. The van der Waals surface area contributed by atoms with Crippen LogP contribution < -0.4 is 0 Å². The standard InChI is InChI=1S/C19H26ClN3O3S2/c1-12-7-8-26-9-14(12)16-21-18(27-10-13-5-6-15(20)28-13)23(22-16)17(24)19(2,3)11-25-4/h5-6,12,14H,7-11H2,1-4H3. The van der Waals surface area contributed by atoms with Crippen molar-refractivity contribution in [1.82, 2.24) is 14.8 Å². The molecule has 3 rings (SSSR count). The van der Waals surface area contributed by atoms with Gasteiger partial charge in [0.15, 0.2) is 11.0 Å². The molecule has 0 aliphatic carbocycles. The number of hydrogen-bond donors (Lipinski definition) is 0. The largest absolute Gasteiger partial charge is 0.384 e. The minimum absolute atomic E-state index is 0.101. The molecule has 2 aromatic rings. The first kappa shape index (κ1) is 21.8. The van der Waals surface area contributed by atoms with Crippen molar-refractivity contribution in [3.8, 4) is 0 Å². The summed E-state index contributed by atoms with van der Waals surface area (Å²) in [4.78, 5) is 19.1. The molecule has 3 heterocycles. The maximum Gasteiger partial charge on any atom is 0.257 e. The summed E-state index contributed by atoms with van der Waals surface area (Å²) in [5, 5.41) is 5.23. The molecule has 6 nitrogen and oxygen atoms in total. The molecule has 2 aromatic heterocycles. The van der Waals surface area contributed by atoms with Crippen LogP contribution in [0.5, 0.6) is 0 Å². The molecule has 0 radical (unpaired) electrons. The van der Waals surface area contributed by atoms with E-state index in [9.17, 15) is 4.79 Å². The number of ether oxygens (including phenoxy) is 2. The lowest BCUT2D eigenvalue weighted by Gasteiger charge is -2.26. The monoisotopic (exact) mass is 443 g/mol. The summed E-state index contributed by atoms with van der Waals surface area (Å²) < 4.78 is 13.1. The lowest BCUT2D eigenvalue weighted by Crippen LogP contribution is -2.35. The summed E-state index contributed by atoms with van der Waals surface area (Å²) in [5.74, 6) is 1.76. The maximum absolute atomic E-state index is 13.2. The van der Waals surface area contributed by atoms with E-state index in [4.69, 9.17) is 26.1 Å². The highest BCUT2D eigenvalue weighted by Crippen LogP contribution is 2.33. The fraction of sp³-hybridized carbons (Fsp3) is 0.632. The second-order valence-corrected chi connectivity index (χ2v) is 10.5. The van der Waals surface area contributed by atoms with E-state index in [1.54, 1.807) is 7.11 Å². The van der Waals surface area contributed by atoms with Gasteiger partial charge in [0.1, 0.15) is 0 Å². The van der Waals surface area contributed by atoms with Crippen LogP contribution in [-0.4, -0.2) is 47.6 Å². The number of methoxy groups -OCH3 is 1. The van der Waals surface area contributed by atoms with Crippen LogP contribution in [0, 0.1) is 11.3 Å². The zero-order chi connectivity index (χ0) is 20.3. The molecule has 1 aliphatic rings. The Morgan fingerprint density at radius 3 is 2.93 bits per heavy atom. The van der Waals surface area contributed by atoms with Crippen LogP contribution in [0.4, 0.5) is 0 Å². The Hall–Kier alpha value is -0.930. The van der Waals surface area contributed by atoms with E-state index in [0.717, 1.165) is 22.2 Å². The minimum Gasteiger partial charge on any atom is -0.384 e. The average molecular weight is 444 g/mol. The molecule has 9 heteroatoms. The van der Waals surface area contributed by atoms with Crippen LogP contribution in [0.2, 0.25) is 4.34 Å². The lowest BCUT2D eigenvalue weighted by atomic mass is 9.90. The van der Waals surface area contributed by atoms with Gasteiger partial charge in [0.05, 0.1) is 23.0 Å². The number of aromatic nitrogens is 3. The van der Waals surface area contributed by atoms with Crippen molar-refractivity contribution >= 4 is 40.6 Å². The van der Waals surface area contributed by atoms with E-state index in [1.807, 2.05) is 26.0 Å². The Kier molecular flexibility index (Phi) is 7.20. The van der Waals surface area contributed by atoms with Crippen molar-refractivity contribution in [3.05, 3.63) is 27.2 Å². The van der Waals surface area contributed by atoms with Crippen LogP contribution in [-0.2, 0) is 15.2 Å². The fourth-order valence-electron chi connectivity index (χ4n) is 3.14. The Bertz CT molecular complexity index is 821. The number of rotatable bonds is 7. The molecule has 0 aromatic carbocycles. The molecular formula is C19H26ClN3O3S2. The molecule has 0 bridgehead atoms. The third-order valence-corrected chi connectivity index (χ3v) is 7.27. The third kappa shape index (κ3) is 4.97. The Morgan fingerprint density at radius 1 is 1.50 bits per heavy atom. The topological polar surface area (TPSA) is 66.2 Å². The molecule has 0 N–H and O–H groups in total. The normalized spacial score (nSPS) is 20.5. The highest BCUT2D eigenvalue weighted by molar-refractivity contribution is 7.98. The third-order valence-electron chi connectivity index (χ3n) is 4.88. The van der Waals surface area contributed by atoms with E-state index in [1.165, 1.54) is 27.8 Å². The number of carbonyl (C=O) groups is 1. The number of carbonyl (C=O) groups excluding carboxylic acids is 1. The van der Waals surface area contributed by atoms with Crippen molar-refractivity contribution in [2.75, 3.05) is 26.9 Å². The zero-order valence-electron chi connectivity index (χ0n) is 16.6. The van der Waals surface area contributed by atoms with E-state index < -0.39 is 5.41 Å². The summed E-state index contributed by atoms with van der Waals surface area (Å²) in [6, 6.07) is 3.88. The molecule has 1 saturated heterocycles. The molecule has 1 aliphatic heterocycles. The minimum atomic E-state index is -0.698. The quantitative estimate of drug-likeness (QED) is 0.576. The van der Waals surface area contributed by atoms with Crippen molar-refractivity contribution in [3.63, 3.8) is 0 Å². The summed E-state index contributed by atoms with van der Waals surface area (Å²) >= 11 is 9.07. The van der Waals surface area contributed by atoms with Crippen molar-refractivity contribution in [2.24, 2.45) is 11.3 Å². The maximum atomic E-state index is 13.2. The van der Waals surface area contributed by atoms with Gasteiger partial charge in [0.2, 0.25) is 0 Å². The van der Waals surface area contributed by atoms with E-state index in [-0.39, 0.29) is 11.8 Å². The molecule has 28 heavy (non-hydrogen) atoms. The van der Waals surface area contributed by atoms with Gasteiger partial charge in [-0.25, -0.2) is 4.98 Å². The van der Waals surface area contributed by atoms with Gasteiger partial charge in [-0.3, -0.25) is 4.79 Å². The summed E-state index contributed by atoms with van der Waals surface area (Å²) in [7, 11) is 1.60. The van der Waals surface area contributed by atoms with Gasteiger partial charge in [-0.2, -0.15) is 4.68 Å². The summed E-state index contributed by atoms with van der Waals surface area (Å²) in [5.41, 5.74) is -0.698. The molecule has 154 valence electrons. The number of thiophene rings is 1. The van der Waals surface area contributed by atoms with Crippen LogP contribution in [0.15, 0.2) is 17.3 Å².